The Balaban J connectivity index is 1.28. The third kappa shape index (κ3) is 5.69. The number of benzene rings is 6. The van der Waals surface area contributed by atoms with Gasteiger partial charge in [-0.3, -0.25) is 4.67 Å². The molecule has 0 N–H and O–H groups in total. The van der Waals surface area contributed by atoms with E-state index in [2.05, 4.69) is 175 Å². The van der Waals surface area contributed by atoms with E-state index in [1.54, 1.807) is 0 Å². The van der Waals surface area contributed by atoms with Gasteiger partial charge in [-0.05, 0) is 80.2 Å². The van der Waals surface area contributed by atoms with Crippen LogP contribution in [0.4, 0.5) is 0 Å². The second-order valence-corrected chi connectivity index (χ2v) is 18.7. The van der Waals surface area contributed by atoms with Crippen molar-refractivity contribution in [1.29, 1.82) is 0 Å². The fourth-order valence-corrected chi connectivity index (χ4v) is 15.9. The fraction of sp³-hybridized carbons (Fsp3) is 0.122. The minimum absolute atomic E-state index is 0.490. The second-order valence-electron chi connectivity index (χ2n) is 11.8. The fourth-order valence-electron chi connectivity index (χ4n) is 7.19. The summed E-state index contributed by atoms with van der Waals surface area (Å²) >= 11 is 0. The molecule has 1 nitrogen and oxygen atoms in total. The first-order chi connectivity index (χ1) is 22.3. The number of hydrogen-bond acceptors (Lipinski definition) is 1. The molecule has 0 unspecified atom stereocenters. The molecule has 1 aliphatic rings. The van der Waals surface area contributed by atoms with Crippen LogP contribution >= 0.6 is 23.5 Å². The summed E-state index contributed by atoms with van der Waals surface area (Å²) in [5.74, 6) is 0. The Bertz CT molecular complexity index is 1880. The van der Waals surface area contributed by atoms with Crippen LogP contribution in [0.2, 0.25) is 0 Å². The predicted octanol–water partition coefficient (Wildman–Crippen LogP) is 9.32. The molecule has 0 amide bonds. The molecule has 2 heterocycles. The first-order valence-corrected chi connectivity index (χ1v) is 20.1. The SMILES string of the molecule is c1ccc(P(C[C@@H]2C[C@H](P(c3ccccc3)c3ccccc3)CN2p2c3ccccc3c3ccccc32)c2ccccc2)cc1. The van der Waals surface area contributed by atoms with Crippen LogP contribution in [0.25, 0.3) is 21.0 Å². The van der Waals surface area contributed by atoms with Crippen LogP contribution in [0.3, 0.4) is 0 Å². The summed E-state index contributed by atoms with van der Waals surface area (Å²) in [6, 6.07) is 64.4. The van der Waals surface area contributed by atoms with Crippen molar-refractivity contribution in [1.82, 2.24) is 0 Å². The summed E-state index contributed by atoms with van der Waals surface area (Å²) in [7, 11) is -1.64. The summed E-state index contributed by atoms with van der Waals surface area (Å²) < 4.78 is 2.99. The van der Waals surface area contributed by atoms with Gasteiger partial charge in [-0.1, -0.05) is 158 Å². The molecule has 0 spiro atoms. The first-order valence-electron chi connectivity index (χ1n) is 15.9. The van der Waals surface area contributed by atoms with E-state index in [1.165, 1.54) is 54.8 Å². The Morgan fingerprint density at radius 1 is 0.489 bits per heavy atom. The Hall–Kier alpha value is -3.56. The van der Waals surface area contributed by atoms with E-state index >= 15 is 0 Å². The van der Waals surface area contributed by atoms with Gasteiger partial charge in [0.15, 0.2) is 0 Å². The largest absolute Gasteiger partial charge is 0.256 e. The molecule has 0 radical (unpaired) electrons. The lowest BCUT2D eigenvalue weighted by Crippen LogP contribution is -2.32. The molecule has 1 fully saturated rings. The van der Waals surface area contributed by atoms with Crippen molar-refractivity contribution in [3.8, 4) is 0 Å². The van der Waals surface area contributed by atoms with E-state index in [0.717, 1.165) is 6.54 Å². The average Bonchev–Trinajstić information content (AvgIpc) is 3.67. The molecule has 6 aromatic carbocycles. The van der Waals surface area contributed by atoms with Gasteiger partial charge >= 0.3 is 0 Å². The molecule has 45 heavy (non-hydrogen) atoms. The van der Waals surface area contributed by atoms with Crippen molar-refractivity contribution in [2.24, 2.45) is 0 Å². The molecule has 4 heteroatoms. The highest BCUT2D eigenvalue weighted by atomic mass is 31.1. The zero-order valence-corrected chi connectivity index (χ0v) is 27.9. The van der Waals surface area contributed by atoms with Gasteiger partial charge in [0.25, 0.3) is 0 Å². The third-order valence-corrected chi connectivity index (χ3v) is 17.3. The summed E-state index contributed by atoms with van der Waals surface area (Å²) in [6.45, 7) is 1.13. The van der Waals surface area contributed by atoms with Crippen molar-refractivity contribution < 1.29 is 0 Å². The van der Waals surface area contributed by atoms with Crippen LogP contribution in [0.5, 0.6) is 0 Å². The molecule has 0 aliphatic carbocycles. The van der Waals surface area contributed by atoms with Crippen LogP contribution in [0.15, 0.2) is 170 Å². The highest BCUT2D eigenvalue weighted by molar-refractivity contribution is 7.74. The maximum absolute atomic E-state index is 2.99. The van der Waals surface area contributed by atoms with E-state index in [4.69, 9.17) is 0 Å². The van der Waals surface area contributed by atoms with Crippen molar-refractivity contribution in [3.05, 3.63) is 170 Å². The molecule has 2 atom stereocenters. The first kappa shape index (κ1) is 28.9. The van der Waals surface area contributed by atoms with Crippen LogP contribution < -0.4 is 25.9 Å². The molecular formula is C41H36NP3. The highest BCUT2D eigenvalue weighted by Crippen LogP contribution is 2.57. The monoisotopic (exact) mass is 635 g/mol. The quantitative estimate of drug-likeness (QED) is 0.151. The van der Waals surface area contributed by atoms with Crippen molar-refractivity contribution in [2.75, 3.05) is 17.4 Å². The molecule has 220 valence electrons. The van der Waals surface area contributed by atoms with E-state index < -0.39 is 23.5 Å². The molecule has 1 saturated heterocycles. The van der Waals surface area contributed by atoms with Gasteiger partial charge < -0.3 is 0 Å². The Morgan fingerprint density at radius 3 is 1.36 bits per heavy atom. The average molecular weight is 636 g/mol. The molecule has 0 bridgehead atoms. The number of fused-ring (bicyclic) bond motifs is 3. The summed E-state index contributed by atoms with van der Waals surface area (Å²) in [5.41, 5.74) is 0.584. The predicted molar refractivity (Wildman–Crippen MR) is 202 cm³/mol. The number of hydrogen-bond donors (Lipinski definition) is 0. The molecule has 0 saturated carbocycles. The normalized spacial score (nSPS) is 17.1. The summed E-state index contributed by atoms with van der Waals surface area (Å²) in [4.78, 5) is 0. The van der Waals surface area contributed by atoms with Gasteiger partial charge in [0.2, 0.25) is 0 Å². The third-order valence-electron chi connectivity index (χ3n) is 9.14. The molecule has 7 aromatic rings. The van der Waals surface area contributed by atoms with E-state index in [-0.39, 0.29) is 0 Å². The second kappa shape index (κ2) is 13.0. The zero-order valence-electron chi connectivity index (χ0n) is 25.2. The topological polar surface area (TPSA) is 3.24 Å². The molecule has 1 aromatic heterocycles. The van der Waals surface area contributed by atoms with Crippen molar-refractivity contribution in [2.45, 2.75) is 18.1 Å². The van der Waals surface area contributed by atoms with E-state index in [0.29, 0.717) is 11.7 Å². The Labute approximate surface area is 270 Å². The Kier molecular flexibility index (Phi) is 8.37. The summed E-state index contributed by atoms with van der Waals surface area (Å²) in [6.07, 6.45) is 2.40. The van der Waals surface area contributed by atoms with Crippen LogP contribution in [-0.2, 0) is 0 Å². The standard InChI is InChI=1S/C41H36NP3/c1-5-17-33(18-6-1)43(34-19-7-2-8-20-34)31-32-29-37(44(35-21-9-3-10-22-35)36-23-11-4-12-24-36)30-42(32)45-40-27-15-13-25-38(40)39-26-14-16-28-41(39)45/h1-28,32,37H,29-31H2/t32-,37-/m0/s1. The number of nitrogens with zero attached hydrogens (tertiary/aromatic N) is 1. The lowest BCUT2D eigenvalue weighted by molar-refractivity contribution is 0.776. The van der Waals surface area contributed by atoms with Crippen molar-refractivity contribution in [3.63, 3.8) is 0 Å². The molecule has 8 rings (SSSR count). The van der Waals surface area contributed by atoms with Gasteiger partial charge in [-0.2, -0.15) is 0 Å². The maximum Gasteiger partial charge on any atom is 0.0229 e. The van der Waals surface area contributed by atoms with E-state index in [9.17, 15) is 0 Å². The minimum atomic E-state index is -0.621. The van der Waals surface area contributed by atoms with Gasteiger partial charge in [-0.15, -0.1) is 0 Å². The highest BCUT2D eigenvalue weighted by Gasteiger charge is 2.41. The van der Waals surface area contributed by atoms with Gasteiger partial charge in [0, 0.05) is 28.5 Å². The minimum Gasteiger partial charge on any atom is -0.256 e. The van der Waals surface area contributed by atoms with Gasteiger partial charge in [0.05, 0.1) is 0 Å². The zero-order chi connectivity index (χ0) is 30.0. The molecular weight excluding hydrogens is 599 g/mol. The van der Waals surface area contributed by atoms with Crippen LogP contribution in [0, 0.1) is 0 Å². The van der Waals surface area contributed by atoms with E-state index in [1.807, 2.05) is 0 Å². The van der Waals surface area contributed by atoms with Crippen LogP contribution in [-0.4, -0.2) is 24.4 Å². The number of rotatable bonds is 8. The van der Waals surface area contributed by atoms with Gasteiger partial charge in [0.1, 0.15) is 0 Å². The summed E-state index contributed by atoms with van der Waals surface area (Å²) in [5, 5.41) is 11.9. The Morgan fingerprint density at radius 2 is 0.889 bits per heavy atom. The maximum atomic E-state index is 2.99. The molecule has 1 aliphatic heterocycles. The van der Waals surface area contributed by atoms with Gasteiger partial charge in [-0.25, -0.2) is 0 Å². The lowest BCUT2D eigenvalue weighted by atomic mass is 10.2. The van der Waals surface area contributed by atoms with Crippen molar-refractivity contribution >= 4 is 65.8 Å². The van der Waals surface area contributed by atoms with Crippen LogP contribution in [0.1, 0.15) is 6.42 Å². The smallest absolute Gasteiger partial charge is 0.0229 e. The lowest BCUT2D eigenvalue weighted by Gasteiger charge is -2.29.